The summed E-state index contributed by atoms with van der Waals surface area (Å²) in [5, 5.41) is 4.98. The minimum atomic E-state index is -1.28. The molecule has 3 aromatic heterocycles. The molecule has 2 aliphatic heterocycles. The molecule has 0 N–H and O–H groups in total. The molecule has 1 amide bonds. The molecule has 2 bridgehead atoms. The van der Waals surface area contributed by atoms with Crippen LogP contribution in [-0.4, -0.2) is 97.7 Å². The summed E-state index contributed by atoms with van der Waals surface area (Å²) in [7, 11) is -2.56. The third-order valence-electron chi connectivity index (χ3n) is 10.3. The first kappa shape index (κ1) is 40.4. The maximum Gasteiger partial charge on any atom is 0.410 e. The summed E-state index contributed by atoms with van der Waals surface area (Å²) in [5.74, 6) is 2.40. The fraction of sp³-hybridized carbons (Fsp3) is 0.692. The molecule has 53 heavy (non-hydrogen) atoms. The maximum atomic E-state index is 13.4. The molecule has 2 atom stereocenters. The molecule has 6 rings (SSSR count). The Bertz CT molecular complexity index is 1680. The molecule has 0 aromatic carbocycles. The zero-order valence-electron chi connectivity index (χ0n) is 33.4. The number of amides is 1. The number of nitrogens with zero attached hydrogens (tertiary/aromatic N) is 6. The van der Waals surface area contributed by atoms with Crippen molar-refractivity contribution in [3.05, 3.63) is 33.8 Å². The van der Waals surface area contributed by atoms with E-state index in [4.69, 9.17) is 29.0 Å². The van der Waals surface area contributed by atoms with Gasteiger partial charge < -0.3 is 28.7 Å². The molecule has 1 aliphatic carbocycles. The SMILES string of the molecule is CC(C)(C)OC(=O)N1C2CCC1CC(c1nc3c(-c4ccc(OCC5CC5)nc4)cnn3c(N(COCC[Si](C)(C)C)COCC[Si](C)(C)C)c1I)C2. The van der Waals surface area contributed by atoms with Crippen LogP contribution in [0.2, 0.25) is 51.4 Å². The first-order valence-corrected chi connectivity index (χ1v) is 28.0. The summed E-state index contributed by atoms with van der Waals surface area (Å²) in [6.45, 7) is 23.0. The van der Waals surface area contributed by atoms with Crippen LogP contribution in [0.4, 0.5) is 10.6 Å². The first-order chi connectivity index (χ1) is 25.0. The van der Waals surface area contributed by atoms with Crippen LogP contribution in [0.25, 0.3) is 16.8 Å². The Morgan fingerprint density at radius 1 is 0.925 bits per heavy atom. The molecule has 2 saturated heterocycles. The molecule has 0 radical (unpaired) electrons. The number of carbonyl (C=O) groups is 1. The Kier molecular flexibility index (Phi) is 12.5. The van der Waals surface area contributed by atoms with E-state index < -0.39 is 21.7 Å². The number of carbonyl (C=O) groups excluding carboxylic acids is 1. The van der Waals surface area contributed by atoms with Crippen LogP contribution in [0.15, 0.2) is 24.5 Å². The largest absolute Gasteiger partial charge is 0.477 e. The van der Waals surface area contributed by atoms with E-state index >= 15 is 0 Å². The number of pyridine rings is 1. The van der Waals surface area contributed by atoms with E-state index in [2.05, 4.69) is 77.8 Å². The van der Waals surface area contributed by atoms with Crippen molar-refractivity contribution in [1.82, 2.24) is 24.5 Å². The number of halogens is 1. The second-order valence-electron chi connectivity index (χ2n) is 18.7. The summed E-state index contributed by atoms with van der Waals surface area (Å²) >= 11 is 2.48. The van der Waals surface area contributed by atoms with Gasteiger partial charge in [-0.1, -0.05) is 39.3 Å². The molecule has 3 aromatic rings. The molecular weight excluding hydrogens is 816 g/mol. The predicted octanol–water partition coefficient (Wildman–Crippen LogP) is 9.26. The van der Waals surface area contributed by atoms with Crippen molar-refractivity contribution in [2.24, 2.45) is 5.92 Å². The number of anilines is 1. The van der Waals surface area contributed by atoms with Crippen molar-refractivity contribution in [3.8, 4) is 17.0 Å². The van der Waals surface area contributed by atoms with Gasteiger partial charge in [0.1, 0.15) is 19.1 Å². The van der Waals surface area contributed by atoms with Crippen molar-refractivity contribution < 1.29 is 23.7 Å². The van der Waals surface area contributed by atoms with E-state index in [0.29, 0.717) is 38.5 Å². The third kappa shape index (κ3) is 10.7. The zero-order valence-corrected chi connectivity index (χ0v) is 37.6. The molecule has 2 unspecified atom stereocenters. The second-order valence-corrected chi connectivity index (χ2v) is 31.1. The van der Waals surface area contributed by atoms with Crippen molar-refractivity contribution in [3.63, 3.8) is 0 Å². The topological polar surface area (TPSA) is 104 Å². The summed E-state index contributed by atoms with van der Waals surface area (Å²) < 4.78 is 27.7. The average Bonchev–Trinajstić information content (AvgIpc) is 3.74. The number of piperidine rings is 1. The third-order valence-corrected chi connectivity index (χ3v) is 14.8. The van der Waals surface area contributed by atoms with E-state index in [1.807, 2.05) is 48.6 Å². The lowest BCUT2D eigenvalue weighted by atomic mass is 9.88. The van der Waals surface area contributed by atoms with E-state index in [1.54, 1.807) is 0 Å². The van der Waals surface area contributed by atoms with Gasteiger partial charge in [-0.15, -0.1) is 0 Å². The van der Waals surface area contributed by atoms with Crippen LogP contribution >= 0.6 is 22.6 Å². The Morgan fingerprint density at radius 3 is 2.08 bits per heavy atom. The second kappa shape index (κ2) is 16.4. The lowest BCUT2D eigenvalue weighted by Gasteiger charge is -2.39. The summed E-state index contributed by atoms with van der Waals surface area (Å²) in [6, 6.07) is 6.42. The minimum Gasteiger partial charge on any atom is -0.477 e. The summed E-state index contributed by atoms with van der Waals surface area (Å²) in [5.41, 5.74) is 3.14. The molecule has 5 heterocycles. The lowest BCUT2D eigenvalue weighted by molar-refractivity contribution is 0.00566. The van der Waals surface area contributed by atoms with Gasteiger partial charge in [0, 0.05) is 70.8 Å². The van der Waals surface area contributed by atoms with Crippen LogP contribution in [-0.2, 0) is 14.2 Å². The maximum absolute atomic E-state index is 13.4. The average molecular weight is 877 g/mol. The molecule has 1 saturated carbocycles. The molecule has 0 spiro atoms. The van der Waals surface area contributed by atoms with Crippen molar-refractivity contribution in [2.75, 3.05) is 38.2 Å². The van der Waals surface area contributed by atoms with Crippen LogP contribution < -0.4 is 9.64 Å². The smallest absolute Gasteiger partial charge is 0.410 e. The fourth-order valence-electron chi connectivity index (χ4n) is 7.11. The molecule has 292 valence electrons. The van der Waals surface area contributed by atoms with E-state index in [0.717, 1.165) is 76.2 Å². The lowest BCUT2D eigenvalue weighted by Crippen LogP contribution is -2.48. The highest BCUT2D eigenvalue weighted by Crippen LogP contribution is 2.46. The zero-order chi connectivity index (χ0) is 38.1. The Morgan fingerprint density at radius 2 is 1.55 bits per heavy atom. The molecule has 3 aliphatic rings. The van der Waals surface area contributed by atoms with E-state index in [9.17, 15) is 4.79 Å². The van der Waals surface area contributed by atoms with E-state index in [-0.39, 0.29) is 24.1 Å². The molecule has 14 heteroatoms. The number of fused-ring (bicyclic) bond motifs is 3. The number of ether oxygens (including phenoxy) is 4. The predicted molar refractivity (Wildman–Crippen MR) is 224 cm³/mol. The molecular formula is C39H61IN6O5Si2. The Labute approximate surface area is 332 Å². The van der Waals surface area contributed by atoms with Gasteiger partial charge in [-0.3, -0.25) is 0 Å². The highest BCUT2D eigenvalue weighted by atomic mass is 127. The van der Waals surface area contributed by atoms with Crippen LogP contribution in [0.3, 0.4) is 0 Å². The van der Waals surface area contributed by atoms with Gasteiger partial charge in [0.15, 0.2) is 11.5 Å². The molecule has 11 nitrogen and oxygen atoms in total. The summed E-state index contributed by atoms with van der Waals surface area (Å²) in [6.07, 6.45) is 9.68. The molecule has 3 fully saturated rings. The van der Waals surface area contributed by atoms with Gasteiger partial charge in [0.2, 0.25) is 5.88 Å². The van der Waals surface area contributed by atoms with Gasteiger partial charge >= 0.3 is 6.09 Å². The van der Waals surface area contributed by atoms with Gasteiger partial charge in [-0.05, 0) is 106 Å². The number of hydrogen-bond acceptors (Lipinski definition) is 9. The normalized spacial score (nSPS) is 20.6. The fourth-order valence-corrected chi connectivity index (χ4v) is 9.76. The first-order valence-electron chi connectivity index (χ1n) is 19.5. The van der Waals surface area contributed by atoms with Crippen LogP contribution in [0.1, 0.15) is 70.9 Å². The Balaban J connectivity index is 1.36. The monoisotopic (exact) mass is 876 g/mol. The number of rotatable bonds is 16. The van der Waals surface area contributed by atoms with Crippen molar-refractivity contribution in [1.29, 1.82) is 0 Å². The van der Waals surface area contributed by atoms with Gasteiger partial charge in [0.25, 0.3) is 0 Å². The van der Waals surface area contributed by atoms with E-state index in [1.165, 1.54) is 12.8 Å². The van der Waals surface area contributed by atoms with Crippen molar-refractivity contribution in [2.45, 2.75) is 134 Å². The van der Waals surface area contributed by atoms with Gasteiger partial charge in [-0.25, -0.2) is 14.8 Å². The minimum absolute atomic E-state index is 0.119. The van der Waals surface area contributed by atoms with Gasteiger partial charge in [-0.2, -0.15) is 9.61 Å². The summed E-state index contributed by atoms with van der Waals surface area (Å²) in [4.78, 5) is 27.7. The standard InChI is InChI=1S/C39H61IN6O5Si2/c1-39(2,3)51-38(47)45-30-13-14-31(45)21-29(20-30)35-34(40)37(44(25-48-16-18-52(4,5)6)26-49-17-19-53(7,8)9)46-36(43-35)32(23-42-46)28-12-15-33(41-22-28)50-24-27-10-11-27/h12,15,22-23,27,29-31H,10-11,13-14,16-21,24-26H2,1-9H3. The number of aromatic nitrogens is 4. The van der Waals surface area contributed by atoms with Gasteiger partial charge in [0.05, 0.1) is 22.1 Å². The van der Waals surface area contributed by atoms with Crippen LogP contribution in [0, 0.1) is 9.49 Å². The Hall–Kier alpha value is -2.28. The van der Waals surface area contributed by atoms with Crippen molar-refractivity contribution >= 4 is 56.3 Å². The van der Waals surface area contributed by atoms with Crippen LogP contribution in [0.5, 0.6) is 5.88 Å². The highest BCUT2D eigenvalue weighted by molar-refractivity contribution is 14.1. The highest BCUT2D eigenvalue weighted by Gasteiger charge is 2.46. The quantitative estimate of drug-likeness (QED) is 0.0603. The number of hydrogen-bond donors (Lipinski definition) is 0.